The van der Waals surface area contributed by atoms with Crippen molar-refractivity contribution in [2.24, 2.45) is 7.05 Å². The highest BCUT2D eigenvalue weighted by Crippen LogP contribution is 2.66. The first kappa shape index (κ1) is 12.5. The highest BCUT2D eigenvalue weighted by molar-refractivity contribution is 8.60. The molecular formula is C7H12N4OP4. The Labute approximate surface area is 100 Å². The van der Waals surface area contributed by atoms with Gasteiger partial charge in [0.2, 0.25) is 0 Å². The van der Waals surface area contributed by atoms with Crippen molar-refractivity contribution in [1.29, 1.82) is 0 Å². The molecule has 86 valence electrons. The molecule has 0 spiro atoms. The van der Waals surface area contributed by atoms with Crippen molar-refractivity contribution in [3.05, 3.63) is 22.2 Å². The van der Waals surface area contributed by atoms with E-state index in [0.29, 0.717) is 13.5 Å². The summed E-state index contributed by atoms with van der Waals surface area (Å²) in [5.74, 6) is 0. The van der Waals surface area contributed by atoms with Gasteiger partial charge >= 0.3 is 0 Å². The van der Waals surface area contributed by atoms with Crippen LogP contribution in [-0.4, -0.2) is 19.3 Å². The Kier molecular flexibility index (Phi) is 3.72. The van der Waals surface area contributed by atoms with E-state index in [1.54, 1.807) is 13.2 Å². The first-order valence-electron chi connectivity index (χ1n) is 4.49. The van der Waals surface area contributed by atoms with Crippen molar-refractivity contribution < 1.29 is 0 Å². The average Bonchev–Trinajstić information content (AvgIpc) is 2.61. The van der Waals surface area contributed by atoms with Gasteiger partial charge in [0.1, 0.15) is 5.52 Å². The van der Waals surface area contributed by atoms with Crippen molar-refractivity contribution in [3.8, 4) is 0 Å². The predicted octanol–water partition coefficient (Wildman–Crippen LogP) is 1.86. The van der Waals surface area contributed by atoms with Gasteiger partial charge in [-0.05, 0) is 14.9 Å². The molecule has 0 N–H and O–H groups in total. The van der Waals surface area contributed by atoms with Gasteiger partial charge in [-0.15, -0.1) is 8.93 Å². The molecule has 16 heavy (non-hydrogen) atoms. The Hall–Kier alpha value is 0.0700. The molecule has 0 amide bonds. The molecule has 2 heterocycles. The molecule has 4 atom stereocenters. The first-order chi connectivity index (χ1) is 7.56. The summed E-state index contributed by atoms with van der Waals surface area (Å²) in [6.45, 7) is 1.90. The lowest BCUT2D eigenvalue weighted by atomic mass is 10.3. The number of rotatable bonds is 2. The number of aryl methyl sites for hydroxylation is 2. The first-order valence-corrected chi connectivity index (χ1v) is 11.1. The normalized spacial score (nSPS) is 14.0. The van der Waals surface area contributed by atoms with E-state index in [4.69, 9.17) is 0 Å². The monoisotopic (exact) mass is 292 g/mol. The fourth-order valence-corrected chi connectivity index (χ4v) is 4.44. The zero-order valence-corrected chi connectivity index (χ0v) is 13.1. The van der Waals surface area contributed by atoms with E-state index in [2.05, 4.69) is 28.1 Å². The Morgan fingerprint density at radius 3 is 2.88 bits per heavy atom. The fraction of sp³-hybridized carbons (Fsp3) is 0.286. The molecule has 0 radical (unpaired) electrons. The van der Waals surface area contributed by atoms with E-state index in [0.717, 1.165) is 11.1 Å². The van der Waals surface area contributed by atoms with Gasteiger partial charge in [0.25, 0.3) is 5.56 Å². The molecule has 0 saturated heterocycles. The van der Waals surface area contributed by atoms with Crippen LogP contribution in [0.5, 0.6) is 0 Å². The predicted molar refractivity (Wildman–Crippen MR) is 77.6 cm³/mol. The van der Waals surface area contributed by atoms with Crippen LogP contribution in [-0.2, 0) is 7.05 Å². The lowest BCUT2D eigenvalue weighted by molar-refractivity contribution is 0.715. The average molecular weight is 292 g/mol. The number of nitrogens with zero attached hydrogens (tertiary/aromatic N) is 4. The van der Waals surface area contributed by atoms with Crippen molar-refractivity contribution in [3.63, 3.8) is 0 Å². The SMILES string of the molecule is Cc1nn(P(P)PP)c2c(=O)n(C)ncc12. The lowest BCUT2D eigenvalue weighted by Crippen LogP contribution is -2.20. The van der Waals surface area contributed by atoms with Gasteiger partial charge < -0.3 is 0 Å². The summed E-state index contributed by atoms with van der Waals surface area (Å²) < 4.78 is 3.18. The Morgan fingerprint density at radius 1 is 1.56 bits per heavy atom. The third-order valence-corrected chi connectivity index (χ3v) is 11.7. The summed E-state index contributed by atoms with van der Waals surface area (Å²) in [4.78, 5) is 12.0. The Bertz CT molecular complexity index is 592. The Balaban J connectivity index is 2.86. The van der Waals surface area contributed by atoms with Crippen LogP contribution in [0.3, 0.4) is 0 Å². The second-order valence-electron chi connectivity index (χ2n) is 3.28. The summed E-state index contributed by atoms with van der Waals surface area (Å²) in [6, 6.07) is 0. The van der Waals surface area contributed by atoms with Crippen LogP contribution in [0.15, 0.2) is 11.0 Å². The van der Waals surface area contributed by atoms with E-state index in [-0.39, 0.29) is 5.56 Å². The molecule has 2 aromatic rings. The van der Waals surface area contributed by atoms with Crippen molar-refractivity contribution in [1.82, 2.24) is 19.3 Å². The molecule has 0 aromatic carbocycles. The summed E-state index contributed by atoms with van der Waals surface area (Å²) in [7, 11) is 7.27. The summed E-state index contributed by atoms with van der Waals surface area (Å²) in [5, 5.41) is 9.29. The van der Waals surface area contributed by atoms with Gasteiger partial charge in [-0.2, -0.15) is 10.2 Å². The van der Waals surface area contributed by atoms with Gasteiger partial charge in [-0.1, -0.05) is 8.93 Å². The van der Waals surface area contributed by atoms with Crippen LogP contribution >= 0.6 is 33.3 Å². The lowest BCUT2D eigenvalue weighted by Gasteiger charge is -2.09. The summed E-state index contributed by atoms with van der Waals surface area (Å²) in [5.41, 5.74) is 1.43. The van der Waals surface area contributed by atoms with Gasteiger partial charge in [-0.3, -0.25) is 4.79 Å². The van der Waals surface area contributed by atoms with Gasteiger partial charge in [0.15, 0.2) is 0 Å². The van der Waals surface area contributed by atoms with Crippen LogP contribution in [0.25, 0.3) is 10.9 Å². The maximum absolute atomic E-state index is 12.0. The molecule has 0 bridgehead atoms. The molecule has 0 aliphatic heterocycles. The van der Waals surface area contributed by atoms with Gasteiger partial charge in [-0.25, -0.2) is 9.13 Å². The van der Waals surface area contributed by atoms with E-state index >= 15 is 0 Å². The van der Waals surface area contributed by atoms with Gasteiger partial charge in [0.05, 0.1) is 19.3 Å². The third-order valence-electron chi connectivity index (χ3n) is 2.28. The minimum Gasteiger partial charge on any atom is -0.265 e. The molecule has 5 nitrogen and oxygen atoms in total. The molecular weight excluding hydrogens is 280 g/mol. The largest absolute Gasteiger partial charge is 0.293 e. The summed E-state index contributed by atoms with van der Waals surface area (Å²) in [6.07, 6.45) is 1.70. The van der Waals surface area contributed by atoms with Crippen molar-refractivity contribution in [2.75, 3.05) is 0 Å². The van der Waals surface area contributed by atoms with E-state index < -0.39 is 7.45 Å². The quantitative estimate of drug-likeness (QED) is 0.794. The minimum absolute atomic E-state index is 0.0868. The minimum atomic E-state index is -0.509. The number of fused-ring (bicyclic) bond motifs is 1. The van der Waals surface area contributed by atoms with Crippen LogP contribution in [0.2, 0.25) is 0 Å². The highest BCUT2D eigenvalue weighted by atomic mass is 32.6. The molecule has 0 aliphatic carbocycles. The molecule has 2 rings (SSSR count). The fourth-order valence-electron chi connectivity index (χ4n) is 1.44. The maximum Gasteiger partial charge on any atom is 0.293 e. The number of aromatic nitrogens is 4. The molecule has 9 heteroatoms. The number of hydrogen-bond donors (Lipinski definition) is 0. The second kappa shape index (κ2) is 4.75. The van der Waals surface area contributed by atoms with Crippen LogP contribution < -0.4 is 5.56 Å². The summed E-state index contributed by atoms with van der Waals surface area (Å²) >= 11 is 0. The smallest absolute Gasteiger partial charge is 0.265 e. The second-order valence-corrected chi connectivity index (χ2v) is 12.1. The van der Waals surface area contributed by atoms with E-state index in [1.165, 1.54) is 4.68 Å². The van der Waals surface area contributed by atoms with E-state index in [9.17, 15) is 4.79 Å². The standard InChI is InChI=1S/C7H12N4OP4/c1-4-5-3-8-10(2)7(12)6(5)11(9-4)16(14)15-13/h3,15H,13-14H2,1-2H3. The number of hydrogen-bond acceptors (Lipinski definition) is 3. The highest BCUT2D eigenvalue weighted by Gasteiger charge is 2.15. The zero-order chi connectivity index (χ0) is 11.9. The van der Waals surface area contributed by atoms with Crippen LogP contribution in [0, 0.1) is 6.92 Å². The van der Waals surface area contributed by atoms with E-state index in [1.807, 2.05) is 11.4 Å². The van der Waals surface area contributed by atoms with Gasteiger partial charge in [0, 0.05) is 12.4 Å². The molecule has 0 aliphatic rings. The molecule has 0 saturated carbocycles. The maximum atomic E-state index is 12.0. The Morgan fingerprint density at radius 2 is 2.25 bits per heavy atom. The molecule has 0 fully saturated rings. The molecule has 4 unspecified atom stereocenters. The topological polar surface area (TPSA) is 52.7 Å². The zero-order valence-electron chi connectivity index (χ0n) is 8.88. The van der Waals surface area contributed by atoms with Crippen LogP contribution in [0.1, 0.15) is 5.69 Å². The third kappa shape index (κ3) is 1.95. The molecule has 2 aromatic heterocycles. The van der Waals surface area contributed by atoms with Crippen LogP contribution in [0.4, 0.5) is 0 Å². The van der Waals surface area contributed by atoms with Crippen molar-refractivity contribution >= 4 is 44.2 Å². The van der Waals surface area contributed by atoms with Crippen molar-refractivity contribution in [2.45, 2.75) is 6.92 Å².